The van der Waals surface area contributed by atoms with Crippen LogP contribution in [0.3, 0.4) is 0 Å². The number of para-hydroxylation sites is 2. The first-order valence-corrected chi connectivity index (χ1v) is 9.40. The van der Waals surface area contributed by atoms with Crippen LogP contribution in [-0.4, -0.2) is 26.8 Å². The lowest BCUT2D eigenvalue weighted by Crippen LogP contribution is -2.31. The molecule has 0 fully saturated rings. The van der Waals surface area contributed by atoms with Crippen molar-refractivity contribution in [3.05, 3.63) is 80.0 Å². The average molecular weight is 406 g/mol. The lowest BCUT2D eigenvalue weighted by molar-refractivity contribution is -0.115. The van der Waals surface area contributed by atoms with Gasteiger partial charge in [-0.05, 0) is 49.2 Å². The van der Waals surface area contributed by atoms with Gasteiger partial charge in [-0.2, -0.15) is 0 Å². The number of H-pyrrole nitrogens is 1. The normalized spacial score (nSPS) is 11.0. The summed E-state index contributed by atoms with van der Waals surface area (Å²) in [4.78, 5) is 42.8. The molecule has 0 aliphatic carbocycles. The molecule has 1 amide bonds. The van der Waals surface area contributed by atoms with E-state index >= 15 is 0 Å². The molecule has 0 aliphatic rings. The minimum absolute atomic E-state index is 0.176. The van der Waals surface area contributed by atoms with Crippen molar-refractivity contribution in [2.45, 2.75) is 27.2 Å². The first kappa shape index (κ1) is 20.8. The molecule has 154 valence electrons. The van der Waals surface area contributed by atoms with Gasteiger partial charge < -0.3 is 10.4 Å². The smallest absolute Gasteiger partial charge is 0.335 e. The van der Waals surface area contributed by atoms with Crippen LogP contribution < -0.4 is 16.6 Å². The van der Waals surface area contributed by atoms with E-state index in [2.05, 4.69) is 15.3 Å². The number of aromatic nitrogens is 2. The van der Waals surface area contributed by atoms with Crippen molar-refractivity contribution in [3.8, 4) is 11.6 Å². The standard InChI is InChI=1S/C22H22N4O4/c1-4-19(27)24-18-8-6-5-7-17(18)23-12-16-20(28)25-22(30)26(21(16)29)15-10-9-13(2)14(3)11-15/h5-12,29H,4H2,1-3H3,(H,24,27)(H,25,28,30). The highest BCUT2D eigenvalue weighted by Crippen LogP contribution is 2.25. The van der Waals surface area contributed by atoms with E-state index in [4.69, 9.17) is 0 Å². The maximum Gasteiger partial charge on any atom is 0.335 e. The Bertz CT molecular complexity index is 1250. The highest BCUT2D eigenvalue weighted by Gasteiger charge is 2.15. The van der Waals surface area contributed by atoms with Gasteiger partial charge in [-0.25, -0.2) is 9.36 Å². The number of anilines is 1. The average Bonchev–Trinajstić information content (AvgIpc) is 2.71. The molecule has 3 aromatic rings. The van der Waals surface area contributed by atoms with Crippen LogP contribution in [0.4, 0.5) is 11.4 Å². The number of benzene rings is 2. The third-order valence-electron chi connectivity index (χ3n) is 4.70. The van der Waals surface area contributed by atoms with Gasteiger partial charge in [0.1, 0.15) is 5.56 Å². The molecule has 0 unspecified atom stereocenters. The summed E-state index contributed by atoms with van der Waals surface area (Å²) in [5.74, 6) is -0.701. The van der Waals surface area contributed by atoms with Gasteiger partial charge in [0.05, 0.1) is 17.1 Å². The number of hydrogen-bond acceptors (Lipinski definition) is 5. The Morgan fingerprint density at radius 3 is 2.60 bits per heavy atom. The molecule has 0 saturated carbocycles. The fourth-order valence-electron chi connectivity index (χ4n) is 2.82. The molecule has 8 heteroatoms. The van der Waals surface area contributed by atoms with E-state index in [1.165, 1.54) is 6.21 Å². The van der Waals surface area contributed by atoms with Crippen LogP contribution >= 0.6 is 0 Å². The van der Waals surface area contributed by atoms with Crippen molar-refractivity contribution in [3.63, 3.8) is 0 Å². The number of carbonyl (C=O) groups excluding carboxylic acids is 1. The summed E-state index contributed by atoms with van der Waals surface area (Å²) in [7, 11) is 0. The molecule has 1 aromatic heterocycles. The predicted molar refractivity (Wildman–Crippen MR) is 116 cm³/mol. The van der Waals surface area contributed by atoms with Gasteiger partial charge in [0, 0.05) is 12.6 Å². The van der Waals surface area contributed by atoms with Crippen LogP contribution in [0.15, 0.2) is 57.0 Å². The van der Waals surface area contributed by atoms with Crippen LogP contribution in [0.5, 0.6) is 5.88 Å². The van der Waals surface area contributed by atoms with Gasteiger partial charge >= 0.3 is 5.69 Å². The third-order valence-corrected chi connectivity index (χ3v) is 4.70. The van der Waals surface area contributed by atoms with Crippen molar-refractivity contribution in [2.24, 2.45) is 4.99 Å². The van der Waals surface area contributed by atoms with E-state index in [0.29, 0.717) is 23.5 Å². The minimum Gasteiger partial charge on any atom is -0.493 e. The second-order valence-electron chi connectivity index (χ2n) is 6.78. The predicted octanol–water partition coefficient (Wildman–Crippen LogP) is 2.95. The van der Waals surface area contributed by atoms with Crippen molar-refractivity contribution >= 4 is 23.5 Å². The van der Waals surface area contributed by atoms with Crippen LogP contribution in [0.1, 0.15) is 30.0 Å². The fraction of sp³-hybridized carbons (Fsp3) is 0.182. The first-order valence-electron chi connectivity index (χ1n) is 9.40. The van der Waals surface area contributed by atoms with Gasteiger partial charge in [-0.15, -0.1) is 0 Å². The first-order chi connectivity index (χ1) is 14.3. The fourth-order valence-corrected chi connectivity index (χ4v) is 2.82. The summed E-state index contributed by atoms with van der Waals surface area (Å²) < 4.78 is 1.01. The van der Waals surface area contributed by atoms with Crippen molar-refractivity contribution < 1.29 is 9.90 Å². The van der Waals surface area contributed by atoms with Crippen molar-refractivity contribution in [2.75, 3.05) is 5.32 Å². The summed E-state index contributed by atoms with van der Waals surface area (Å²) in [5.41, 5.74) is 1.56. The zero-order chi connectivity index (χ0) is 21.8. The Morgan fingerprint density at radius 2 is 1.90 bits per heavy atom. The molecule has 1 heterocycles. The lowest BCUT2D eigenvalue weighted by atomic mass is 10.1. The number of aliphatic imine (C=N–C) groups is 1. The SMILES string of the molecule is CCC(=O)Nc1ccccc1N=Cc1c(O)n(-c2ccc(C)c(C)c2)c(=O)[nH]c1=O. The summed E-state index contributed by atoms with van der Waals surface area (Å²) in [6, 6.07) is 12.1. The summed E-state index contributed by atoms with van der Waals surface area (Å²) in [5, 5.41) is 13.4. The van der Waals surface area contributed by atoms with Crippen LogP contribution in [0.25, 0.3) is 5.69 Å². The number of carbonyl (C=O) groups is 1. The molecule has 3 rings (SSSR count). The molecular formula is C22H22N4O4. The van der Waals surface area contributed by atoms with Gasteiger partial charge in [0.15, 0.2) is 0 Å². The van der Waals surface area contributed by atoms with Crippen molar-refractivity contribution in [1.29, 1.82) is 0 Å². The maximum absolute atomic E-state index is 12.3. The van der Waals surface area contributed by atoms with Gasteiger partial charge in [0.25, 0.3) is 5.56 Å². The van der Waals surface area contributed by atoms with Gasteiger partial charge in [-0.3, -0.25) is 19.6 Å². The molecule has 0 radical (unpaired) electrons. The molecule has 0 aliphatic heterocycles. The van der Waals surface area contributed by atoms with E-state index in [9.17, 15) is 19.5 Å². The molecule has 30 heavy (non-hydrogen) atoms. The molecular weight excluding hydrogens is 384 g/mol. The van der Waals surface area contributed by atoms with Crippen molar-refractivity contribution in [1.82, 2.24) is 9.55 Å². The van der Waals surface area contributed by atoms with Gasteiger partial charge in [-0.1, -0.05) is 25.1 Å². The van der Waals surface area contributed by atoms with E-state index in [0.717, 1.165) is 15.7 Å². The molecule has 0 atom stereocenters. The Balaban J connectivity index is 2.08. The number of hydrogen-bond donors (Lipinski definition) is 3. The number of amides is 1. The molecule has 2 aromatic carbocycles. The molecule has 3 N–H and O–H groups in total. The number of aryl methyl sites for hydroxylation is 2. The second kappa shape index (κ2) is 8.60. The number of rotatable bonds is 5. The summed E-state index contributed by atoms with van der Waals surface area (Å²) in [6.45, 7) is 5.55. The number of aromatic hydroxyl groups is 1. The summed E-state index contributed by atoms with van der Waals surface area (Å²) >= 11 is 0. The number of aromatic amines is 1. The Morgan fingerprint density at radius 1 is 1.17 bits per heavy atom. The Hall–Kier alpha value is -3.94. The molecule has 0 bridgehead atoms. The van der Waals surface area contributed by atoms with Crippen LogP contribution in [0, 0.1) is 13.8 Å². The van der Waals surface area contributed by atoms with E-state index in [1.807, 2.05) is 19.9 Å². The third kappa shape index (κ3) is 4.22. The monoisotopic (exact) mass is 406 g/mol. The van der Waals surface area contributed by atoms with E-state index in [1.54, 1.807) is 43.3 Å². The zero-order valence-corrected chi connectivity index (χ0v) is 16.9. The summed E-state index contributed by atoms with van der Waals surface area (Å²) in [6.07, 6.45) is 1.47. The van der Waals surface area contributed by atoms with E-state index < -0.39 is 17.1 Å². The number of nitrogens with zero attached hydrogens (tertiary/aromatic N) is 2. The highest BCUT2D eigenvalue weighted by molar-refractivity contribution is 5.94. The van der Waals surface area contributed by atoms with E-state index in [-0.39, 0.29) is 11.5 Å². The topological polar surface area (TPSA) is 117 Å². The second-order valence-corrected chi connectivity index (χ2v) is 6.78. The molecule has 0 spiro atoms. The van der Waals surface area contributed by atoms with Crippen LogP contribution in [0.2, 0.25) is 0 Å². The largest absolute Gasteiger partial charge is 0.493 e. The lowest BCUT2D eigenvalue weighted by Gasteiger charge is -2.11. The Kier molecular flexibility index (Phi) is 5.96. The zero-order valence-electron chi connectivity index (χ0n) is 16.9. The van der Waals surface area contributed by atoms with Crippen LogP contribution in [-0.2, 0) is 4.79 Å². The minimum atomic E-state index is -0.767. The molecule has 8 nitrogen and oxygen atoms in total. The quantitative estimate of drug-likeness (QED) is 0.565. The highest BCUT2D eigenvalue weighted by atomic mass is 16.3. The molecule has 0 saturated heterocycles. The van der Waals surface area contributed by atoms with Gasteiger partial charge in [0.2, 0.25) is 11.8 Å². The number of nitrogens with one attached hydrogen (secondary N) is 2. The maximum atomic E-state index is 12.3. The Labute approximate surface area is 172 Å².